The van der Waals surface area contributed by atoms with Crippen LogP contribution in [0.15, 0.2) is 48.5 Å². The first kappa shape index (κ1) is 14.2. The monoisotopic (exact) mass is 240 g/mol. The predicted molar refractivity (Wildman–Crippen MR) is 77.1 cm³/mol. The van der Waals surface area contributed by atoms with Crippen LogP contribution in [0.25, 0.3) is 0 Å². The molecule has 0 unspecified atom stereocenters. The summed E-state index contributed by atoms with van der Waals surface area (Å²) in [7, 11) is 0. The number of benzene rings is 2. The van der Waals surface area contributed by atoms with E-state index in [2.05, 4.69) is 0 Å². The number of aryl methyl sites for hydroxylation is 2. The highest BCUT2D eigenvalue weighted by molar-refractivity contribution is 6.09. The summed E-state index contributed by atoms with van der Waals surface area (Å²) in [6, 6.07) is 15.4. The molecule has 0 aliphatic rings. The normalized spacial score (nSPS) is 9.33. The minimum atomic E-state index is 0.0989. The highest BCUT2D eigenvalue weighted by Gasteiger charge is 2.10. The quantitative estimate of drug-likeness (QED) is 0.703. The van der Waals surface area contributed by atoms with Crippen LogP contribution >= 0.6 is 0 Å². The Balaban J connectivity index is 0.000000771. The molecule has 0 heterocycles. The topological polar surface area (TPSA) is 17.1 Å². The molecule has 0 spiro atoms. The summed E-state index contributed by atoms with van der Waals surface area (Å²) in [5.74, 6) is 0.0989. The Morgan fingerprint density at radius 1 is 0.889 bits per heavy atom. The Bertz CT molecular complexity index is 512. The van der Waals surface area contributed by atoms with Crippen LogP contribution in [0.2, 0.25) is 0 Å². The lowest BCUT2D eigenvalue weighted by Crippen LogP contribution is -2.03. The van der Waals surface area contributed by atoms with Gasteiger partial charge < -0.3 is 0 Å². The van der Waals surface area contributed by atoms with Crippen molar-refractivity contribution >= 4 is 5.78 Å². The molecule has 2 rings (SSSR count). The lowest BCUT2D eigenvalue weighted by atomic mass is 9.97. The number of carbonyl (C=O) groups is 1. The third kappa shape index (κ3) is 3.30. The van der Waals surface area contributed by atoms with Crippen LogP contribution < -0.4 is 0 Å². The van der Waals surface area contributed by atoms with Crippen molar-refractivity contribution in [2.24, 2.45) is 0 Å². The van der Waals surface area contributed by atoms with Crippen molar-refractivity contribution in [2.45, 2.75) is 27.7 Å². The minimum absolute atomic E-state index is 0.0989. The third-order valence-corrected chi connectivity index (χ3v) is 2.67. The molecule has 0 aromatic heterocycles. The summed E-state index contributed by atoms with van der Waals surface area (Å²) in [5, 5.41) is 0. The van der Waals surface area contributed by atoms with Crippen LogP contribution in [0.5, 0.6) is 0 Å². The molecule has 1 heteroatoms. The van der Waals surface area contributed by atoms with E-state index in [9.17, 15) is 4.79 Å². The third-order valence-electron chi connectivity index (χ3n) is 2.67. The zero-order valence-electron chi connectivity index (χ0n) is 11.5. The number of hydrogen-bond acceptors (Lipinski definition) is 1. The van der Waals surface area contributed by atoms with Gasteiger partial charge in [-0.05, 0) is 25.5 Å². The van der Waals surface area contributed by atoms with Crippen molar-refractivity contribution in [3.05, 3.63) is 70.8 Å². The Hall–Kier alpha value is -1.89. The van der Waals surface area contributed by atoms with E-state index in [-0.39, 0.29) is 5.78 Å². The Kier molecular flexibility index (Phi) is 5.31. The van der Waals surface area contributed by atoms with Gasteiger partial charge in [-0.3, -0.25) is 4.79 Å². The average Bonchev–Trinajstić information content (AvgIpc) is 2.44. The van der Waals surface area contributed by atoms with Gasteiger partial charge in [0.2, 0.25) is 0 Å². The van der Waals surface area contributed by atoms with E-state index in [1.54, 1.807) is 0 Å². The van der Waals surface area contributed by atoms with Crippen molar-refractivity contribution in [1.29, 1.82) is 0 Å². The number of hydrogen-bond donors (Lipinski definition) is 0. The first-order chi connectivity index (χ1) is 8.68. The van der Waals surface area contributed by atoms with Crippen LogP contribution in [-0.4, -0.2) is 5.78 Å². The van der Waals surface area contributed by atoms with Gasteiger partial charge in [-0.2, -0.15) is 0 Å². The molecule has 0 saturated carbocycles. The van der Waals surface area contributed by atoms with Crippen molar-refractivity contribution in [3.8, 4) is 0 Å². The van der Waals surface area contributed by atoms with E-state index in [4.69, 9.17) is 0 Å². The van der Waals surface area contributed by atoms with E-state index in [0.29, 0.717) is 0 Å². The van der Waals surface area contributed by atoms with Gasteiger partial charge in [0.1, 0.15) is 0 Å². The lowest BCUT2D eigenvalue weighted by Gasteiger charge is -2.06. The van der Waals surface area contributed by atoms with Gasteiger partial charge in [0.25, 0.3) is 0 Å². The van der Waals surface area contributed by atoms with Crippen LogP contribution in [0.3, 0.4) is 0 Å². The molecule has 0 saturated heterocycles. The standard InChI is InChI=1S/C15H14O.C2H6/c1-11-8-9-12(2)14(10-11)15(16)13-6-4-3-5-7-13;1-2/h3-10H,1-2H3;1-2H3. The number of ketones is 1. The molecule has 0 aliphatic carbocycles. The van der Waals surface area contributed by atoms with Gasteiger partial charge in [-0.15, -0.1) is 0 Å². The molecule has 94 valence electrons. The van der Waals surface area contributed by atoms with E-state index in [1.807, 2.05) is 76.2 Å². The molecule has 2 aromatic rings. The second-order valence-corrected chi connectivity index (χ2v) is 4.01. The molecule has 0 N–H and O–H groups in total. The van der Waals surface area contributed by atoms with E-state index in [0.717, 1.165) is 22.3 Å². The zero-order valence-corrected chi connectivity index (χ0v) is 11.5. The van der Waals surface area contributed by atoms with Gasteiger partial charge in [-0.25, -0.2) is 0 Å². The molecular weight excluding hydrogens is 220 g/mol. The number of carbonyl (C=O) groups excluding carboxylic acids is 1. The summed E-state index contributed by atoms with van der Waals surface area (Å²) >= 11 is 0. The highest BCUT2D eigenvalue weighted by atomic mass is 16.1. The van der Waals surface area contributed by atoms with Crippen molar-refractivity contribution in [2.75, 3.05) is 0 Å². The zero-order chi connectivity index (χ0) is 13.5. The molecular formula is C17H20O. The summed E-state index contributed by atoms with van der Waals surface area (Å²) in [5.41, 5.74) is 3.69. The summed E-state index contributed by atoms with van der Waals surface area (Å²) in [6.07, 6.45) is 0. The maximum atomic E-state index is 12.2. The summed E-state index contributed by atoms with van der Waals surface area (Å²) in [4.78, 5) is 12.2. The highest BCUT2D eigenvalue weighted by Crippen LogP contribution is 2.15. The molecule has 0 radical (unpaired) electrons. The summed E-state index contributed by atoms with van der Waals surface area (Å²) < 4.78 is 0. The molecule has 18 heavy (non-hydrogen) atoms. The maximum absolute atomic E-state index is 12.2. The molecule has 0 atom stereocenters. The number of rotatable bonds is 2. The van der Waals surface area contributed by atoms with Crippen LogP contribution in [0.1, 0.15) is 40.9 Å². The molecule has 0 bridgehead atoms. The molecule has 2 aromatic carbocycles. The second kappa shape index (κ2) is 6.75. The lowest BCUT2D eigenvalue weighted by molar-refractivity contribution is 0.103. The van der Waals surface area contributed by atoms with Gasteiger partial charge in [0.05, 0.1) is 0 Å². The van der Waals surface area contributed by atoms with Crippen molar-refractivity contribution in [1.82, 2.24) is 0 Å². The SMILES string of the molecule is CC.Cc1ccc(C)c(C(=O)c2ccccc2)c1. The largest absolute Gasteiger partial charge is 0.289 e. The first-order valence-electron chi connectivity index (χ1n) is 6.35. The van der Waals surface area contributed by atoms with E-state index in [1.165, 1.54) is 0 Å². The van der Waals surface area contributed by atoms with E-state index < -0.39 is 0 Å². The van der Waals surface area contributed by atoms with Crippen LogP contribution in [-0.2, 0) is 0 Å². The molecule has 0 amide bonds. The molecule has 1 nitrogen and oxygen atoms in total. The molecule has 0 aliphatic heterocycles. The van der Waals surface area contributed by atoms with Crippen molar-refractivity contribution in [3.63, 3.8) is 0 Å². The van der Waals surface area contributed by atoms with Gasteiger partial charge in [-0.1, -0.05) is 61.9 Å². The van der Waals surface area contributed by atoms with E-state index >= 15 is 0 Å². The van der Waals surface area contributed by atoms with Crippen molar-refractivity contribution < 1.29 is 4.79 Å². The van der Waals surface area contributed by atoms with Crippen LogP contribution in [0.4, 0.5) is 0 Å². The predicted octanol–water partition coefficient (Wildman–Crippen LogP) is 4.56. The van der Waals surface area contributed by atoms with Crippen LogP contribution in [0, 0.1) is 13.8 Å². The fraction of sp³-hybridized carbons (Fsp3) is 0.235. The Morgan fingerprint density at radius 3 is 2.11 bits per heavy atom. The Morgan fingerprint density at radius 2 is 1.50 bits per heavy atom. The smallest absolute Gasteiger partial charge is 0.193 e. The fourth-order valence-corrected chi connectivity index (χ4v) is 1.73. The van der Waals surface area contributed by atoms with Gasteiger partial charge in [0, 0.05) is 11.1 Å². The Labute approximate surface area is 109 Å². The molecule has 0 fully saturated rings. The maximum Gasteiger partial charge on any atom is 0.193 e. The first-order valence-corrected chi connectivity index (χ1v) is 6.35. The fourth-order valence-electron chi connectivity index (χ4n) is 1.73. The average molecular weight is 240 g/mol. The minimum Gasteiger partial charge on any atom is -0.289 e. The second-order valence-electron chi connectivity index (χ2n) is 4.01. The van der Waals surface area contributed by atoms with Gasteiger partial charge >= 0.3 is 0 Å². The van der Waals surface area contributed by atoms with Gasteiger partial charge in [0.15, 0.2) is 5.78 Å². The summed E-state index contributed by atoms with van der Waals surface area (Å²) in [6.45, 7) is 7.97.